The Morgan fingerprint density at radius 3 is 2.29 bits per heavy atom. The van der Waals surface area contributed by atoms with Crippen LogP contribution in [0.5, 0.6) is 0 Å². The summed E-state index contributed by atoms with van der Waals surface area (Å²) in [6.07, 6.45) is 1.10. The smallest absolute Gasteiger partial charge is 0.294 e. The molecule has 0 amide bonds. The second kappa shape index (κ2) is 11.1. The first-order valence-corrected chi connectivity index (χ1v) is 20.4. The second-order valence-electron chi connectivity index (χ2n) is 13.5. The van der Waals surface area contributed by atoms with Gasteiger partial charge in [-0.2, -0.15) is 8.42 Å². The van der Waals surface area contributed by atoms with Crippen LogP contribution in [0.2, 0.25) is 13.1 Å². The Kier molecular flexibility index (Phi) is 7.39. The van der Waals surface area contributed by atoms with Gasteiger partial charge in [0.05, 0.1) is 4.90 Å². The van der Waals surface area contributed by atoms with Crippen LogP contribution in [-0.4, -0.2) is 65.7 Å². The van der Waals surface area contributed by atoms with Crippen LogP contribution in [0.15, 0.2) is 77.7 Å². The lowest BCUT2D eigenvalue weighted by Gasteiger charge is -2.38. The van der Waals surface area contributed by atoms with Gasteiger partial charge < -0.3 is 4.90 Å². The van der Waals surface area contributed by atoms with Crippen molar-refractivity contribution in [2.24, 2.45) is 0 Å². The molecule has 0 spiro atoms. The molecule has 6 nitrogen and oxygen atoms in total. The van der Waals surface area contributed by atoms with Gasteiger partial charge in [-0.1, -0.05) is 55.6 Å². The normalized spacial score (nSPS) is 17.7. The molecule has 0 bridgehead atoms. The van der Waals surface area contributed by atoms with Gasteiger partial charge in [0.2, 0.25) is 5.36 Å². The zero-order valence-corrected chi connectivity index (χ0v) is 28.7. The number of likely N-dealkylation sites (N-methyl/N-ethyl adjacent to an activating group) is 1. The molecule has 7 rings (SSSR count). The van der Waals surface area contributed by atoms with Crippen LogP contribution < -0.4 is 30.4 Å². The minimum Gasteiger partial charge on any atom is -0.369 e. The highest BCUT2D eigenvalue weighted by atomic mass is 32.2. The highest BCUT2D eigenvalue weighted by molar-refractivity contribution is 7.85. The number of rotatable bonds is 5. The van der Waals surface area contributed by atoms with Gasteiger partial charge in [-0.3, -0.25) is 9.45 Å². The minimum absolute atomic E-state index is 0.00219. The van der Waals surface area contributed by atoms with Gasteiger partial charge in [-0.25, -0.2) is 4.58 Å². The zero-order chi connectivity index (χ0) is 31.7. The van der Waals surface area contributed by atoms with E-state index < -0.39 is 18.2 Å². The van der Waals surface area contributed by atoms with Crippen LogP contribution in [-0.2, 0) is 23.1 Å². The highest BCUT2D eigenvalue weighted by Gasteiger charge is 2.38. The average Bonchev–Trinajstić information content (AvgIpc) is 3.37. The Morgan fingerprint density at radius 2 is 1.58 bits per heavy atom. The Bertz CT molecular complexity index is 2080. The summed E-state index contributed by atoms with van der Waals surface area (Å²) in [6, 6.07) is 25.6. The summed E-state index contributed by atoms with van der Waals surface area (Å²) in [7, 11) is -4.10. The molecule has 1 saturated heterocycles. The topological polar surface area (TPSA) is 63.9 Å². The number of benzene rings is 4. The second-order valence-corrected chi connectivity index (χ2v) is 19.3. The predicted octanol–water partition coefficient (Wildman–Crippen LogP) is 2.93. The van der Waals surface area contributed by atoms with E-state index in [0.717, 1.165) is 39.1 Å². The Hall–Kier alpha value is -3.56. The van der Waals surface area contributed by atoms with Crippen molar-refractivity contribution >= 4 is 39.8 Å². The van der Waals surface area contributed by atoms with E-state index in [4.69, 9.17) is 0 Å². The third kappa shape index (κ3) is 5.18. The molecule has 0 aromatic heterocycles. The van der Waals surface area contributed by atoms with Crippen molar-refractivity contribution in [3.63, 3.8) is 0 Å². The first kappa shape index (κ1) is 30.1. The van der Waals surface area contributed by atoms with Crippen LogP contribution in [0, 0.1) is 13.8 Å². The van der Waals surface area contributed by atoms with E-state index in [9.17, 15) is 13.0 Å². The van der Waals surface area contributed by atoms with E-state index in [0.29, 0.717) is 12.1 Å². The Balaban J connectivity index is 1.27. The first-order chi connectivity index (χ1) is 21.4. The molecule has 3 aliphatic rings. The van der Waals surface area contributed by atoms with Crippen LogP contribution in [0.3, 0.4) is 0 Å². The highest BCUT2D eigenvalue weighted by Crippen LogP contribution is 2.31. The van der Waals surface area contributed by atoms with Gasteiger partial charge in [0.15, 0.2) is 0 Å². The van der Waals surface area contributed by atoms with Crippen LogP contribution >= 0.6 is 0 Å². The van der Waals surface area contributed by atoms with Crippen molar-refractivity contribution in [3.05, 3.63) is 117 Å². The minimum atomic E-state index is -4.25. The van der Waals surface area contributed by atoms with Crippen LogP contribution in [0.25, 0.3) is 5.57 Å². The summed E-state index contributed by atoms with van der Waals surface area (Å²) in [5.41, 5.74) is 10.1. The molecule has 4 aromatic carbocycles. The van der Waals surface area contributed by atoms with Crippen molar-refractivity contribution in [2.75, 3.05) is 44.7 Å². The SMILES string of the molecule is Cc1cccc(C)c1C1=c2cc3c(cc2[Si](C)(C)c2cc(N4CCN(Cc5ccccc5S(=O)(=O)O)CC4)ccc21)=[N+](C)CC3. The zero-order valence-electron chi connectivity index (χ0n) is 26.9. The number of piperazine rings is 1. The van der Waals surface area contributed by atoms with E-state index in [1.54, 1.807) is 12.1 Å². The summed E-state index contributed by atoms with van der Waals surface area (Å²) < 4.78 is 36.0. The van der Waals surface area contributed by atoms with Crippen LogP contribution in [0.1, 0.15) is 33.4 Å². The lowest BCUT2D eigenvalue weighted by Crippen LogP contribution is -2.64. The molecule has 0 atom stereocenters. The van der Waals surface area contributed by atoms with Gasteiger partial charge >= 0.3 is 0 Å². The lowest BCUT2D eigenvalue weighted by atomic mass is 9.88. The van der Waals surface area contributed by atoms with Gasteiger partial charge in [-0.05, 0) is 87.1 Å². The van der Waals surface area contributed by atoms with Crippen molar-refractivity contribution in [2.45, 2.75) is 44.8 Å². The first-order valence-electron chi connectivity index (χ1n) is 15.9. The summed E-state index contributed by atoms with van der Waals surface area (Å²) in [6.45, 7) is 14.4. The van der Waals surface area contributed by atoms with Crippen molar-refractivity contribution in [1.82, 2.24) is 9.48 Å². The van der Waals surface area contributed by atoms with E-state index in [1.807, 2.05) is 6.07 Å². The van der Waals surface area contributed by atoms with E-state index >= 15 is 0 Å². The molecule has 0 unspecified atom stereocenters. The molecule has 4 aromatic rings. The van der Waals surface area contributed by atoms with Crippen molar-refractivity contribution in [3.8, 4) is 0 Å². The van der Waals surface area contributed by atoms with Gasteiger partial charge in [0.25, 0.3) is 10.1 Å². The molecule has 45 heavy (non-hydrogen) atoms. The largest absolute Gasteiger partial charge is 0.369 e. The maximum atomic E-state index is 11.9. The standard InChI is InChI=1S/C37H41N3O3SSi/c1-25-9-8-10-26(2)36(25)37-30-14-13-29(22-34(30)45(4,5)35-23-32-27(21-31(35)37)15-16-38(32)3)40-19-17-39(18-20-40)24-28-11-6-7-12-33(28)44(41,42)43/h6-14,21-23H,15-20,24H2,1-5H3/p+1. The quantitative estimate of drug-likeness (QED) is 0.208. The molecular weight excluding hydrogens is 595 g/mol. The van der Waals surface area contributed by atoms with Crippen molar-refractivity contribution < 1.29 is 13.0 Å². The summed E-state index contributed by atoms with van der Waals surface area (Å²) in [4.78, 5) is 4.75. The molecule has 3 aliphatic heterocycles. The number of aryl methyl sites for hydroxylation is 2. The number of anilines is 1. The molecule has 0 saturated carbocycles. The van der Waals surface area contributed by atoms with Gasteiger partial charge in [0.1, 0.15) is 21.7 Å². The summed E-state index contributed by atoms with van der Waals surface area (Å²) in [5, 5.41) is 5.84. The predicted molar refractivity (Wildman–Crippen MR) is 186 cm³/mol. The average molecular weight is 637 g/mol. The van der Waals surface area contributed by atoms with E-state index in [-0.39, 0.29) is 4.90 Å². The maximum absolute atomic E-state index is 11.9. The third-order valence-corrected chi connectivity index (χ3v) is 14.8. The molecule has 1 fully saturated rings. The molecular formula is C37H42N3O3SSi+. The number of hydrogen-bond acceptors (Lipinski definition) is 4. The molecule has 8 heteroatoms. The number of hydrogen-bond donors (Lipinski definition) is 1. The van der Waals surface area contributed by atoms with E-state index in [2.05, 4.69) is 96.9 Å². The Morgan fingerprint density at radius 1 is 0.867 bits per heavy atom. The van der Waals surface area contributed by atoms with E-state index in [1.165, 1.54) is 66.1 Å². The molecule has 232 valence electrons. The molecule has 0 aliphatic carbocycles. The summed E-state index contributed by atoms with van der Waals surface area (Å²) in [5.74, 6) is 0. The lowest BCUT2D eigenvalue weighted by molar-refractivity contribution is 0.248. The fourth-order valence-corrected chi connectivity index (χ4v) is 11.6. The summed E-state index contributed by atoms with van der Waals surface area (Å²) >= 11 is 0. The molecule has 3 heterocycles. The van der Waals surface area contributed by atoms with Crippen molar-refractivity contribution in [1.29, 1.82) is 0 Å². The molecule has 0 radical (unpaired) electrons. The van der Waals surface area contributed by atoms with Crippen LogP contribution in [0.4, 0.5) is 5.69 Å². The fraction of sp³-hybridized carbons (Fsp3) is 0.324. The van der Waals surface area contributed by atoms with Gasteiger partial charge in [-0.15, -0.1) is 0 Å². The fourth-order valence-electron chi connectivity index (χ4n) is 7.84. The van der Waals surface area contributed by atoms with Gasteiger partial charge in [0, 0.05) is 56.5 Å². The number of nitrogens with zero attached hydrogens (tertiary/aromatic N) is 3. The Labute approximate surface area is 267 Å². The molecule has 1 N–H and O–H groups in total. The monoisotopic (exact) mass is 636 g/mol. The third-order valence-electron chi connectivity index (χ3n) is 10.3. The number of fused-ring (bicyclic) bond motifs is 3. The maximum Gasteiger partial charge on any atom is 0.294 e.